The van der Waals surface area contributed by atoms with Crippen molar-refractivity contribution in [2.45, 2.75) is 109 Å². The number of hydrogen-bond acceptors (Lipinski definition) is 11. The summed E-state index contributed by atoms with van der Waals surface area (Å²) in [7, 11) is -6.95. The van der Waals surface area contributed by atoms with Crippen LogP contribution < -0.4 is 14.9 Å². The zero-order valence-corrected chi connectivity index (χ0v) is 47.6. The van der Waals surface area contributed by atoms with Gasteiger partial charge in [0.25, 0.3) is 11.8 Å². The predicted molar refractivity (Wildman–Crippen MR) is 277 cm³/mol. The van der Waals surface area contributed by atoms with Crippen LogP contribution in [0.25, 0.3) is 22.0 Å². The predicted octanol–water partition coefficient (Wildman–Crippen LogP) is 9.14. The van der Waals surface area contributed by atoms with Crippen molar-refractivity contribution in [3.05, 3.63) is 93.0 Å². The van der Waals surface area contributed by atoms with E-state index in [1.807, 2.05) is 27.7 Å². The Labute approximate surface area is 462 Å². The van der Waals surface area contributed by atoms with E-state index in [1.165, 1.54) is 45.4 Å². The van der Waals surface area contributed by atoms with E-state index in [0.717, 1.165) is 31.4 Å². The number of fused-ring (bicyclic) bond motifs is 2. The van der Waals surface area contributed by atoms with Gasteiger partial charge >= 0.3 is 20.2 Å². The third kappa shape index (κ3) is 17.8. The Morgan fingerprint density at radius 3 is 2.10 bits per heavy atom. The normalized spacial score (nSPS) is 15.0. The van der Waals surface area contributed by atoms with Crippen molar-refractivity contribution in [2.24, 2.45) is 0 Å². The Balaban J connectivity index is 0.00000127. The Hall–Kier alpha value is -5.80. The molecule has 0 fully saturated rings. The fourth-order valence-corrected chi connectivity index (χ4v) is 9.12. The number of phosphoric ester groups is 1. The number of rotatable bonds is 17. The molecule has 3 unspecified atom stereocenters. The van der Waals surface area contributed by atoms with E-state index < -0.39 is 149 Å². The lowest BCUT2D eigenvalue weighted by Crippen LogP contribution is -2.39. The van der Waals surface area contributed by atoms with Gasteiger partial charge in [-0.15, -0.1) is 0 Å². The van der Waals surface area contributed by atoms with E-state index in [0.29, 0.717) is 15.1 Å². The van der Waals surface area contributed by atoms with Crippen LogP contribution >= 0.6 is 19.4 Å². The van der Waals surface area contributed by atoms with Gasteiger partial charge in [-0.3, -0.25) is 32.5 Å². The van der Waals surface area contributed by atoms with Gasteiger partial charge in [0.05, 0.1) is 34.2 Å². The van der Waals surface area contributed by atoms with Crippen LogP contribution in [0.4, 0.5) is 49.7 Å². The first-order valence-corrected chi connectivity index (χ1v) is 28.5. The van der Waals surface area contributed by atoms with Crippen molar-refractivity contribution in [1.29, 1.82) is 0 Å². The molecule has 0 spiro atoms. The van der Waals surface area contributed by atoms with Gasteiger partial charge in [0.1, 0.15) is 51.8 Å². The Morgan fingerprint density at radius 2 is 1.59 bits per heavy atom. The zero-order valence-electron chi connectivity index (χ0n) is 44.3. The summed E-state index contributed by atoms with van der Waals surface area (Å²) in [5, 5.41) is 11.2. The Kier molecular flexibility index (Phi) is 24.2. The summed E-state index contributed by atoms with van der Waals surface area (Å²) in [6.07, 6.45) is -9.41. The monoisotopic (exact) mass is 1220 g/mol. The second kappa shape index (κ2) is 28.3. The van der Waals surface area contributed by atoms with Crippen molar-refractivity contribution in [3.63, 3.8) is 0 Å². The number of nitrogens with zero attached hydrogens (tertiary/aromatic N) is 6. The maximum Gasteiger partial charge on any atom is 0.471 e. The van der Waals surface area contributed by atoms with Crippen molar-refractivity contribution in [2.75, 3.05) is 37.3 Å². The number of amides is 3. The zero-order chi connectivity index (χ0) is 61.0. The molecule has 3 amide bonds. The summed E-state index contributed by atoms with van der Waals surface area (Å²) in [4.78, 5) is 58.9. The van der Waals surface area contributed by atoms with E-state index in [2.05, 4.69) is 46.9 Å². The first kappa shape index (κ1) is 68.5. The largest absolute Gasteiger partial charge is 0.471 e. The maximum atomic E-state index is 15.4. The van der Waals surface area contributed by atoms with Gasteiger partial charge in [-0.05, 0) is 68.0 Å². The molecule has 3 heterocycles. The summed E-state index contributed by atoms with van der Waals surface area (Å²) in [6.45, 7) is 7.89. The molecule has 0 bridgehead atoms. The average molecular weight is 1230 g/mol. The number of aromatic nitrogens is 5. The molecule has 4 N–H and O–H groups in total. The van der Waals surface area contributed by atoms with E-state index in [1.54, 1.807) is 0 Å². The van der Waals surface area contributed by atoms with Crippen LogP contribution in [0.5, 0.6) is 0 Å². The molecule has 0 saturated carbocycles. The lowest BCUT2D eigenvalue weighted by molar-refractivity contribution is -0.143. The van der Waals surface area contributed by atoms with Gasteiger partial charge in [-0.1, -0.05) is 58.2 Å². The molecular weight excluding hydrogens is 1170 g/mol. The summed E-state index contributed by atoms with van der Waals surface area (Å²) in [5.74, 6) is -4.91. The number of halogens is 11. The lowest BCUT2D eigenvalue weighted by atomic mass is 9.93. The van der Waals surface area contributed by atoms with Gasteiger partial charge in [-0.2, -0.15) is 45.3 Å². The second-order valence-corrected chi connectivity index (χ2v) is 21.9. The van der Waals surface area contributed by atoms with E-state index in [9.17, 15) is 62.5 Å². The Bertz CT molecular complexity index is 3180. The number of hydrogen-bond donors (Lipinski definition) is 4. The molecule has 1 aliphatic carbocycles. The number of pyridine rings is 1. The molecule has 0 saturated heterocycles. The highest BCUT2D eigenvalue weighted by Crippen LogP contribution is 2.52. The number of carbonyl (C=O) groups excluding carboxylic acids is 3. The number of methoxy groups -OCH3 is 1. The van der Waals surface area contributed by atoms with Gasteiger partial charge in [0.15, 0.2) is 18.3 Å². The van der Waals surface area contributed by atoms with Crippen molar-refractivity contribution >= 4 is 76.2 Å². The molecule has 4 atom stereocenters. The minimum atomic E-state index is -5.21. The molecule has 5 aromatic rings. The summed E-state index contributed by atoms with van der Waals surface area (Å²) >= 11 is 6.62. The molecule has 18 nitrogen and oxygen atoms in total. The molecular formula is C48H56ClF10N8O10PS2. The Morgan fingerprint density at radius 1 is 0.988 bits per heavy atom. The number of anilines is 1. The molecule has 80 heavy (non-hydrogen) atoms. The van der Waals surface area contributed by atoms with E-state index >= 15 is 8.78 Å². The molecule has 1 aliphatic rings. The molecule has 32 heteroatoms. The molecule has 3 aromatic heterocycles. The van der Waals surface area contributed by atoms with Gasteiger partial charge in [-0.25, -0.2) is 26.8 Å². The first-order chi connectivity index (χ1) is 37.1. The van der Waals surface area contributed by atoms with Crippen molar-refractivity contribution in [3.8, 4) is 23.0 Å². The lowest BCUT2D eigenvalue weighted by Gasteiger charge is -2.23. The van der Waals surface area contributed by atoms with Crippen LogP contribution in [0.3, 0.4) is 0 Å². The summed E-state index contributed by atoms with van der Waals surface area (Å²) in [5.41, 5.74) is -5.21. The van der Waals surface area contributed by atoms with Gasteiger partial charge in [0.2, 0.25) is 12.3 Å². The van der Waals surface area contributed by atoms with Crippen LogP contribution in [0.1, 0.15) is 101 Å². The SMILES string of the molecule is CC.CC.COCOP(=O)(O)O.C[C@H]1CC(F)(F)c2c1c(C(F)(F)F)nn2CC(=O)NC(Cc1cc(F)cc(F)c1)c1nc(C#CC(C)(C)S(C)=O)ccc1-c1ccc(Cl)c2c(N(C(=O)CNC=O)S(C)=O)nn(CC(F)(F)F)c12. The number of carbonyl (C=O) groups is 3. The second-order valence-electron chi connectivity index (χ2n) is 17.1. The van der Waals surface area contributed by atoms with Crippen LogP contribution in [-0.2, 0) is 81.6 Å². The summed E-state index contributed by atoms with van der Waals surface area (Å²) in [6, 6.07) is 5.40. The minimum absolute atomic E-state index is 0.135. The number of benzene rings is 2. The average Bonchev–Trinajstić information content (AvgIpc) is 3.99. The van der Waals surface area contributed by atoms with Crippen LogP contribution in [0, 0.1) is 23.5 Å². The van der Waals surface area contributed by atoms with Crippen molar-refractivity contribution in [1.82, 2.24) is 35.2 Å². The molecule has 0 aliphatic heterocycles. The molecule has 0 radical (unpaired) electrons. The fourth-order valence-electron chi connectivity index (χ4n) is 7.73. The summed E-state index contributed by atoms with van der Waals surface area (Å²) < 4.78 is 189. The minimum Gasteiger partial charge on any atom is -0.358 e. The third-order valence-electron chi connectivity index (χ3n) is 10.9. The molecule has 2 aromatic carbocycles. The highest BCUT2D eigenvalue weighted by Gasteiger charge is 2.53. The third-order valence-corrected chi connectivity index (χ3v) is 14.1. The standard InChI is InChI=1S/C42H37ClF10N8O5S2.C2H7O5P.2C2H6/c1-21-16-40(46,47)37-32(21)36(42(51,52)53)57-59(37)18-30(63)56-29(14-22-12-23(44)15-24(45)13-22)34-26(7-6-25(55-34)10-11-39(2,3)67(4)65)27-8-9-28(43)33-35(27)60(19-41(48,49)50)58-38(33)61(68(5)66)31(64)17-54-20-62;1-6-2-7-8(3,4)5;2*1-2/h6-9,12-13,15,20-21,29H,14,16-19H2,1-5H3,(H,54,62)(H,56,63);2H2,1H3,(H2,3,4,5);2*1-2H3/t21-,29?,67?,68?;;;/m0.../s1. The highest BCUT2D eigenvalue weighted by molar-refractivity contribution is 7.86. The van der Waals surface area contributed by atoms with E-state index in [-0.39, 0.29) is 56.4 Å². The number of alkyl halides is 8. The number of phosphoric acid groups is 1. The smallest absolute Gasteiger partial charge is 0.358 e. The fraction of sp³-hybridized carbons (Fsp3) is 0.458. The van der Waals surface area contributed by atoms with Crippen LogP contribution in [0.15, 0.2) is 42.5 Å². The number of ether oxygens (including phenoxy) is 1. The highest BCUT2D eigenvalue weighted by atomic mass is 35.5. The van der Waals surface area contributed by atoms with Crippen LogP contribution in [0.2, 0.25) is 5.02 Å². The molecule has 6 rings (SSSR count). The first-order valence-electron chi connectivity index (χ1n) is 23.6. The quantitative estimate of drug-likeness (QED) is 0.0224. The maximum absolute atomic E-state index is 15.4. The molecule has 442 valence electrons. The van der Waals surface area contributed by atoms with Crippen LogP contribution in [-0.4, -0.2) is 105 Å². The van der Waals surface area contributed by atoms with Crippen molar-refractivity contribution < 1.29 is 90.3 Å². The van der Waals surface area contributed by atoms with E-state index in [4.69, 9.17) is 21.4 Å². The van der Waals surface area contributed by atoms with Gasteiger partial charge in [0, 0.05) is 59.6 Å². The van der Waals surface area contributed by atoms with Gasteiger partial charge < -0.3 is 25.2 Å². The number of nitrogens with one attached hydrogen (secondary N) is 2. The topological polar surface area (TPSA) is 237 Å².